The van der Waals surface area contributed by atoms with Gasteiger partial charge in [0.2, 0.25) is 0 Å². The second-order valence-corrected chi connectivity index (χ2v) is 5.39. The highest BCUT2D eigenvalue weighted by Crippen LogP contribution is 2.20. The van der Waals surface area contributed by atoms with Crippen LogP contribution in [0.15, 0.2) is 23.2 Å². The number of ether oxygens (including phenoxy) is 2. The van der Waals surface area contributed by atoms with E-state index in [9.17, 15) is 0 Å². The Morgan fingerprint density at radius 2 is 1.96 bits per heavy atom. The van der Waals surface area contributed by atoms with Crippen molar-refractivity contribution in [1.82, 2.24) is 10.6 Å². The van der Waals surface area contributed by atoms with Crippen LogP contribution in [0.2, 0.25) is 10.0 Å². The molecule has 0 aliphatic rings. The van der Waals surface area contributed by atoms with Crippen LogP contribution in [-0.4, -0.2) is 46.5 Å². The number of methoxy groups -OCH3 is 1. The molecule has 0 spiro atoms. The number of nitrogens with one attached hydrogen (secondary N) is 2. The van der Waals surface area contributed by atoms with Gasteiger partial charge in [-0.1, -0.05) is 29.3 Å². The Labute approximate surface area is 165 Å². The van der Waals surface area contributed by atoms with E-state index in [1.807, 2.05) is 12.1 Å². The van der Waals surface area contributed by atoms with Gasteiger partial charge in [0.05, 0.1) is 13.2 Å². The smallest absolute Gasteiger partial charge is 0.191 e. The number of halogens is 3. The molecule has 0 fully saturated rings. The molecule has 5 nitrogen and oxygen atoms in total. The minimum Gasteiger partial charge on any atom is -0.382 e. The fourth-order valence-corrected chi connectivity index (χ4v) is 2.17. The quantitative estimate of drug-likeness (QED) is 0.249. The molecule has 0 atom stereocenters. The largest absolute Gasteiger partial charge is 0.382 e. The van der Waals surface area contributed by atoms with Gasteiger partial charge >= 0.3 is 0 Å². The predicted octanol–water partition coefficient (Wildman–Crippen LogP) is 3.33. The van der Waals surface area contributed by atoms with E-state index in [1.165, 1.54) is 0 Å². The van der Waals surface area contributed by atoms with Gasteiger partial charge in [0.25, 0.3) is 0 Å². The zero-order valence-corrected chi connectivity index (χ0v) is 17.2. The predicted molar refractivity (Wildman–Crippen MR) is 107 cm³/mol. The number of guanidine groups is 1. The Balaban J connectivity index is 0.00000484. The molecule has 132 valence electrons. The third-order valence-electron chi connectivity index (χ3n) is 2.87. The van der Waals surface area contributed by atoms with E-state index < -0.39 is 0 Å². The average Bonchev–Trinajstić information content (AvgIpc) is 2.51. The van der Waals surface area contributed by atoms with Gasteiger partial charge in [0, 0.05) is 43.9 Å². The molecule has 0 radical (unpaired) electrons. The van der Waals surface area contributed by atoms with Crippen molar-refractivity contribution in [2.24, 2.45) is 4.99 Å². The lowest BCUT2D eigenvalue weighted by Gasteiger charge is -2.13. The molecule has 0 unspecified atom stereocenters. The number of nitrogens with zero attached hydrogens (tertiary/aromatic N) is 1. The van der Waals surface area contributed by atoms with E-state index in [0.717, 1.165) is 24.5 Å². The maximum atomic E-state index is 6.13. The zero-order chi connectivity index (χ0) is 16.2. The molecule has 0 bridgehead atoms. The lowest BCUT2D eigenvalue weighted by Crippen LogP contribution is -2.37. The molecule has 0 aliphatic carbocycles. The van der Waals surface area contributed by atoms with Crippen LogP contribution in [0.1, 0.15) is 12.0 Å². The number of aliphatic imine (C=N–C) groups is 1. The topological polar surface area (TPSA) is 54.9 Å². The lowest BCUT2D eigenvalue weighted by molar-refractivity contribution is 0.0698. The van der Waals surface area contributed by atoms with Gasteiger partial charge in [0.15, 0.2) is 5.96 Å². The standard InChI is InChI=1S/C15H23Cl2N3O2.HI/c1-18-15(19-6-3-7-22-9-8-21-2)20-11-12-4-5-13(16)10-14(12)17;/h4-5,10H,3,6-9,11H2,1-2H3,(H2,18,19,20);1H. The second kappa shape index (κ2) is 14.1. The summed E-state index contributed by atoms with van der Waals surface area (Å²) in [6, 6.07) is 5.44. The maximum absolute atomic E-state index is 6.13. The Morgan fingerprint density at radius 1 is 1.17 bits per heavy atom. The van der Waals surface area contributed by atoms with E-state index in [-0.39, 0.29) is 24.0 Å². The summed E-state index contributed by atoms with van der Waals surface area (Å²) in [6.07, 6.45) is 0.895. The van der Waals surface area contributed by atoms with E-state index in [2.05, 4.69) is 15.6 Å². The van der Waals surface area contributed by atoms with Crippen molar-refractivity contribution in [3.8, 4) is 0 Å². The SMILES string of the molecule is CN=C(NCCCOCCOC)NCc1ccc(Cl)cc1Cl.I. The van der Waals surface area contributed by atoms with Crippen molar-refractivity contribution >= 4 is 53.1 Å². The van der Waals surface area contributed by atoms with Crippen LogP contribution in [0.5, 0.6) is 0 Å². The summed E-state index contributed by atoms with van der Waals surface area (Å²) in [7, 11) is 3.39. The van der Waals surface area contributed by atoms with Crippen molar-refractivity contribution in [2.75, 3.05) is 40.5 Å². The van der Waals surface area contributed by atoms with Crippen molar-refractivity contribution in [3.05, 3.63) is 33.8 Å². The molecule has 23 heavy (non-hydrogen) atoms. The van der Waals surface area contributed by atoms with Gasteiger partial charge in [-0.05, 0) is 24.1 Å². The van der Waals surface area contributed by atoms with Crippen LogP contribution < -0.4 is 10.6 Å². The van der Waals surface area contributed by atoms with Crippen LogP contribution in [-0.2, 0) is 16.0 Å². The van der Waals surface area contributed by atoms with E-state index in [4.69, 9.17) is 32.7 Å². The Kier molecular flexibility index (Phi) is 13.9. The molecule has 1 rings (SSSR count). The molecule has 0 amide bonds. The molecule has 0 aliphatic heterocycles. The summed E-state index contributed by atoms with van der Waals surface area (Å²) in [5.74, 6) is 0.725. The van der Waals surface area contributed by atoms with E-state index in [0.29, 0.717) is 36.4 Å². The van der Waals surface area contributed by atoms with Crippen LogP contribution in [0.4, 0.5) is 0 Å². The van der Waals surface area contributed by atoms with Crippen molar-refractivity contribution in [2.45, 2.75) is 13.0 Å². The van der Waals surface area contributed by atoms with Gasteiger partial charge in [-0.25, -0.2) is 0 Å². The van der Waals surface area contributed by atoms with Crippen molar-refractivity contribution in [3.63, 3.8) is 0 Å². The molecule has 8 heteroatoms. The molecule has 0 aromatic heterocycles. The Bertz CT molecular complexity index is 476. The Hall–Kier alpha value is -0.280. The number of rotatable bonds is 9. The van der Waals surface area contributed by atoms with Crippen LogP contribution in [0, 0.1) is 0 Å². The maximum Gasteiger partial charge on any atom is 0.191 e. The van der Waals surface area contributed by atoms with E-state index in [1.54, 1.807) is 20.2 Å². The highest BCUT2D eigenvalue weighted by atomic mass is 127. The first-order valence-corrected chi connectivity index (χ1v) is 7.88. The van der Waals surface area contributed by atoms with Crippen LogP contribution in [0.25, 0.3) is 0 Å². The minimum absolute atomic E-state index is 0. The number of benzene rings is 1. The third kappa shape index (κ3) is 10.2. The molecule has 1 aromatic rings. The van der Waals surface area contributed by atoms with Gasteiger partial charge in [-0.2, -0.15) is 0 Å². The first-order chi connectivity index (χ1) is 10.7. The monoisotopic (exact) mass is 475 g/mol. The summed E-state index contributed by atoms with van der Waals surface area (Å²) >= 11 is 12.0. The average molecular weight is 476 g/mol. The molecule has 0 saturated carbocycles. The number of hydrogen-bond donors (Lipinski definition) is 2. The van der Waals surface area contributed by atoms with Crippen LogP contribution >= 0.6 is 47.2 Å². The van der Waals surface area contributed by atoms with Gasteiger partial charge in [-0.3, -0.25) is 4.99 Å². The molecule has 0 heterocycles. The highest BCUT2D eigenvalue weighted by molar-refractivity contribution is 14.0. The zero-order valence-electron chi connectivity index (χ0n) is 13.4. The fourth-order valence-electron chi connectivity index (χ4n) is 1.69. The Morgan fingerprint density at radius 3 is 2.61 bits per heavy atom. The molecule has 0 saturated heterocycles. The highest BCUT2D eigenvalue weighted by Gasteiger charge is 2.03. The summed E-state index contributed by atoms with van der Waals surface area (Å²) in [5.41, 5.74) is 0.969. The summed E-state index contributed by atoms with van der Waals surface area (Å²) in [5, 5.41) is 7.70. The van der Waals surface area contributed by atoms with Crippen LogP contribution in [0.3, 0.4) is 0 Å². The summed E-state index contributed by atoms with van der Waals surface area (Å²) in [6.45, 7) is 3.30. The summed E-state index contributed by atoms with van der Waals surface area (Å²) in [4.78, 5) is 4.16. The molecular weight excluding hydrogens is 452 g/mol. The molecular formula is C15H24Cl2IN3O2. The van der Waals surface area contributed by atoms with E-state index >= 15 is 0 Å². The third-order valence-corrected chi connectivity index (χ3v) is 3.46. The first kappa shape index (κ1) is 22.7. The van der Waals surface area contributed by atoms with Crippen molar-refractivity contribution in [1.29, 1.82) is 0 Å². The fraction of sp³-hybridized carbons (Fsp3) is 0.533. The summed E-state index contributed by atoms with van der Waals surface area (Å²) < 4.78 is 10.3. The first-order valence-electron chi connectivity index (χ1n) is 7.12. The molecule has 2 N–H and O–H groups in total. The number of hydrogen-bond acceptors (Lipinski definition) is 3. The second-order valence-electron chi connectivity index (χ2n) is 4.55. The normalized spacial score (nSPS) is 11.0. The van der Waals surface area contributed by atoms with Crippen molar-refractivity contribution < 1.29 is 9.47 Å². The minimum atomic E-state index is 0. The van der Waals surface area contributed by atoms with Gasteiger partial charge in [-0.15, -0.1) is 24.0 Å². The lowest BCUT2D eigenvalue weighted by atomic mass is 10.2. The van der Waals surface area contributed by atoms with Gasteiger partial charge in [0.1, 0.15) is 0 Å². The molecule has 1 aromatic carbocycles. The van der Waals surface area contributed by atoms with Gasteiger partial charge < -0.3 is 20.1 Å².